The van der Waals surface area contributed by atoms with Gasteiger partial charge >= 0.3 is 0 Å². The van der Waals surface area contributed by atoms with E-state index in [4.69, 9.17) is 5.26 Å². The van der Waals surface area contributed by atoms with Gasteiger partial charge < -0.3 is 10.2 Å². The van der Waals surface area contributed by atoms with Gasteiger partial charge in [0.25, 0.3) is 0 Å². The number of unbranched alkanes of at least 4 members (excludes halogenated alkanes) is 1. The van der Waals surface area contributed by atoms with E-state index < -0.39 is 0 Å². The fourth-order valence-electron chi connectivity index (χ4n) is 2.47. The van der Waals surface area contributed by atoms with E-state index in [2.05, 4.69) is 23.2 Å². The monoisotopic (exact) mass is 251 g/mol. The highest BCUT2D eigenvalue weighted by Crippen LogP contribution is 2.27. The van der Waals surface area contributed by atoms with Gasteiger partial charge in [-0.2, -0.15) is 5.26 Å². The van der Waals surface area contributed by atoms with E-state index >= 15 is 0 Å². The Morgan fingerprint density at radius 1 is 1.39 bits per heavy atom. The third-order valence-electron chi connectivity index (χ3n) is 4.39. The van der Waals surface area contributed by atoms with E-state index in [0.29, 0.717) is 0 Å². The zero-order chi connectivity index (χ0) is 13.4. The molecule has 104 valence electrons. The third-order valence-corrected chi connectivity index (χ3v) is 4.39. The highest BCUT2D eigenvalue weighted by atomic mass is 15.1. The molecule has 0 heterocycles. The quantitative estimate of drug-likeness (QED) is 0.640. The zero-order valence-electron chi connectivity index (χ0n) is 12.3. The van der Waals surface area contributed by atoms with Gasteiger partial charge in [0, 0.05) is 6.54 Å². The van der Waals surface area contributed by atoms with Crippen LogP contribution < -0.4 is 5.32 Å². The van der Waals surface area contributed by atoms with E-state index in [9.17, 15) is 0 Å². The lowest BCUT2D eigenvalue weighted by atomic mass is 9.85. The summed E-state index contributed by atoms with van der Waals surface area (Å²) in [5, 5.41) is 12.2. The van der Waals surface area contributed by atoms with Crippen LogP contribution in [0.25, 0.3) is 0 Å². The molecule has 1 N–H and O–H groups in total. The number of nitrogens with one attached hydrogen (secondary N) is 1. The summed E-state index contributed by atoms with van der Waals surface area (Å²) in [6.07, 6.45) is 7.59. The minimum absolute atomic E-state index is 0.342. The lowest BCUT2D eigenvalue weighted by Crippen LogP contribution is -2.38. The lowest BCUT2D eigenvalue weighted by Gasteiger charge is -2.32. The number of nitriles is 1. The molecule has 1 atom stereocenters. The molecule has 0 saturated heterocycles. The van der Waals surface area contributed by atoms with Crippen LogP contribution in [0.3, 0.4) is 0 Å². The Balaban J connectivity index is 2.13. The van der Waals surface area contributed by atoms with E-state index in [1.165, 1.54) is 38.8 Å². The second kappa shape index (κ2) is 7.76. The third kappa shape index (κ3) is 4.96. The van der Waals surface area contributed by atoms with Crippen molar-refractivity contribution in [1.29, 1.82) is 5.26 Å². The summed E-state index contributed by atoms with van der Waals surface area (Å²) in [7, 11) is 1.87. The van der Waals surface area contributed by atoms with Crippen molar-refractivity contribution in [2.75, 3.05) is 26.7 Å². The average Bonchev–Trinajstić information content (AvgIpc) is 2.35. The number of hydrogen-bond donors (Lipinski definition) is 1. The molecule has 1 aliphatic rings. The van der Waals surface area contributed by atoms with Gasteiger partial charge in [0.05, 0.1) is 6.07 Å². The van der Waals surface area contributed by atoms with Crippen molar-refractivity contribution in [3.8, 4) is 6.07 Å². The fraction of sp³-hybridized carbons (Fsp3) is 0.933. The first-order valence-corrected chi connectivity index (χ1v) is 7.46. The van der Waals surface area contributed by atoms with Crippen LogP contribution in [0.4, 0.5) is 0 Å². The molecule has 1 unspecified atom stereocenters. The molecule has 0 aromatic heterocycles. The Hall–Kier alpha value is -0.590. The molecule has 3 nitrogen and oxygen atoms in total. The molecule has 1 aliphatic carbocycles. The molecule has 1 saturated carbocycles. The van der Waals surface area contributed by atoms with Crippen LogP contribution in [0.2, 0.25) is 0 Å². The fourth-order valence-corrected chi connectivity index (χ4v) is 2.47. The zero-order valence-corrected chi connectivity index (χ0v) is 12.3. The molecule has 1 fully saturated rings. The molecule has 18 heavy (non-hydrogen) atoms. The number of nitrogens with zero attached hydrogens (tertiary/aromatic N) is 2. The Morgan fingerprint density at radius 2 is 2.11 bits per heavy atom. The van der Waals surface area contributed by atoms with Gasteiger partial charge in [0.15, 0.2) is 0 Å². The smallest absolute Gasteiger partial charge is 0.103 e. The van der Waals surface area contributed by atoms with Gasteiger partial charge in [0.1, 0.15) is 5.54 Å². The van der Waals surface area contributed by atoms with Gasteiger partial charge in [-0.25, -0.2) is 0 Å². The van der Waals surface area contributed by atoms with Crippen LogP contribution in [0.1, 0.15) is 52.4 Å². The predicted molar refractivity (Wildman–Crippen MR) is 76.4 cm³/mol. The van der Waals surface area contributed by atoms with Gasteiger partial charge in [-0.15, -0.1) is 0 Å². The SMILES string of the molecule is CCN(CCCCC(C)(C#N)NC)CC1CCC1. The van der Waals surface area contributed by atoms with Gasteiger partial charge in [0.2, 0.25) is 0 Å². The van der Waals surface area contributed by atoms with Gasteiger partial charge in [-0.1, -0.05) is 13.3 Å². The largest absolute Gasteiger partial charge is 0.303 e. The highest BCUT2D eigenvalue weighted by Gasteiger charge is 2.21. The summed E-state index contributed by atoms with van der Waals surface area (Å²) in [5.41, 5.74) is -0.342. The lowest BCUT2D eigenvalue weighted by molar-refractivity contribution is 0.180. The topological polar surface area (TPSA) is 39.1 Å². The molecule has 1 rings (SSSR count). The van der Waals surface area contributed by atoms with Crippen molar-refractivity contribution >= 4 is 0 Å². The van der Waals surface area contributed by atoms with Crippen LogP contribution in [0.5, 0.6) is 0 Å². The number of hydrogen-bond acceptors (Lipinski definition) is 3. The first-order chi connectivity index (χ1) is 8.63. The summed E-state index contributed by atoms with van der Waals surface area (Å²) in [6.45, 7) is 7.89. The van der Waals surface area contributed by atoms with Crippen molar-refractivity contribution in [2.24, 2.45) is 5.92 Å². The highest BCUT2D eigenvalue weighted by molar-refractivity contribution is 5.02. The summed E-state index contributed by atoms with van der Waals surface area (Å²) < 4.78 is 0. The molecular weight excluding hydrogens is 222 g/mol. The van der Waals surface area contributed by atoms with Crippen LogP contribution in [0.15, 0.2) is 0 Å². The summed E-state index contributed by atoms with van der Waals surface area (Å²) in [6, 6.07) is 2.36. The molecular formula is C15H29N3. The van der Waals surface area contributed by atoms with Crippen molar-refractivity contribution in [1.82, 2.24) is 10.2 Å². The molecule has 0 aliphatic heterocycles. The van der Waals surface area contributed by atoms with Crippen molar-refractivity contribution in [3.63, 3.8) is 0 Å². The second-order valence-corrected chi connectivity index (χ2v) is 5.84. The van der Waals surface area contributed by atoms with Crippen LogP contribution in [-0.4, -0.2) is 37.1 Å². The molecule has 0 bridgehead atoms. The first-order valence-electron chi connectivity index (χ1n) is 7.46. The maximum absolute atomic E-state index is 9.08. The van der Waals surface area contributed by atoms with Crippen LogP contribution >= 0.6 is 0 Å². The summed E-state index contributed by atoms with van der Waals surface area (Å²) in [5.74, 6) is 0.964. The Kier molecular flexibility index (Phi) is 6.67. The van der Waals surface area contributed by atoms with E-state index in [1.54, 1.807) is 0 Å². The normalized spacial score (nSPS) is 19.3. The average molecular weight is 251 g/mol. The Morgan fingerprint density at radius 3 is 2.56 bits per heavy atom. The van der Waals surface area contributed by atoms with Crippen molar-refractivity contribution in [2.45, 2.75) is 57.9 Å². The molecule has 0 aromatic carbocycles. The summed E-state index contributed by atoms with van der Waals surface area (Å²) in [4.78, 5) is 2.58. The van der Waals surface area contributed by atoms with Crippen LogP contribution in [-0.2, 0) is 0 Å². The predicted octanol–water partition coefficient (Wildman–Crippen LogP) is 2.78. The van der Waals surface area contributed by atoms with Crippen molar-refractivity contribution < 1.29 is 0 Å². The minimum Gasteiger partial charge on any atom is -0.303 e. The minimum atomic E-state index is -0.342. The first kappa shape index (κ1) is 15.5. The molecule has 0 radical (unpaired) electrons. The molecule has 0 amide bonds. The Bertz CT molecular complexity index is 267. The van der Waals surface area contributed by atoms with Crippen LogP contribution in [0, 0.1) is 17.2 Å². The maximum Gasteiger partial charge on any atom is 0.103 e. The van der Waals surface area contributed by atoms with E-state index in [-0.39, 0.29) is 5.54 Å². The molecule has 0 spiro atoms. The molecule has 0 aromatic rings. The van der Waals surface area contributed by atoms with E-state index in [0.717, 1.165) is 25.3 Å². The van der Waals surface area contributed by atoms with Gasteiger partial charge in [-0.05, 0) is 65.1 Å². The van der Waals surface area contributed by atoms with Crippen molar-refractivity contribution in [3.05, 3.63) is 0 Å². The second-order valence-electron chi connectivity index (χ2n) is 5.84. The standard InChI is InChI=1S/C15H29N3/c1-4-18(12-14-8-7-9-14)11-6-5-10-15(2,13-16)17-3/h14,17H,4-12H2,1-3H3. The van der Waals surface area contributed by atoms with Gasteiger partial charge in [-0.3, -0.25) is 0 Å². The maximum atomic E-state index is 9.08. The Labute approximate surface area is 113 Å². The van der Waals surface area contributed by atoms with E-state index in [1.807, 2.05) is 14.0 Å². The molecule has 3 heteroatoms. The number of rotatable bonds is 9. The summed E-state index contributed by atoms with van der Waals surface area (Å²) >= 11 is 0.